The van der Waals surface area contributed by atoms with E-state index in [1.165, 1.54) is 11.1 Å². The molecule has 0 aliphatic carbocycles. The van der Waals surface area contributed by atoms with Crippen molar-refractivity contribution in [3.63, 3.8) is 0 Å². The lowest BCUT2D eigenvalue weighted by molar-refractivity contribution is -0.127. The van der Waals surface area contributed by atoms with E-state index in [1.807, 2.05) is 0 Å². The number of hydrogen-bond donors (Lipinski definition) is 2. The Balaban J connectivity index is 1.45. The highest BCUT2D eigenvalue weighted by molar-refractivity contribution is 6.47. The number of aromatic nitrogens is 1. The van der Waals surface area contributed by atoms with E-state index in [0.717, 1.165) is 0 Å². The Bertz CT molecular complexity index is 1120. The van der Waals surface area contributed by atoms with Crippen molar-refractivity contribution in [1.29, 1.82) is 0 Å². The number of Topliss-reactive ketones (excluding diaryl/α,β-unsaturated/α-hetero) is 1. The number of carbonyl (C=O) groups is 3. The minimum Gasteiger partial charge on any atom is -0.399 e. The Morgan fingerprint density at radius 2 is 1.66 bits per heavy atom. The van der Waals surface area contributed by atoms with Crippen LogP contribution in [-0.4, -0.2) is 58.6 Å². The average Bonchev–Trinajstić information content (AvgIpc) is 3.18. The van der Waals surface area contributed by atoms with Gasteiger partial charge in [0.1, 0.15) is 0 Å². The van der Waals surface area contributed by atoms with Gasteiger partial charge in [0.2, 0.25) is 0 Å². The zero-order chi connectivity index (χ0) is 20.5. The van der Waals surface area contributed by atoms with Crippen LogP contribution in [0.4, 0.5) is 5.69 Å². The number of halogens is 1. The van der Waals surface area contributed by atoms with Gasteiger partial charge in [-0.05, 0) is 30.3 Å². The predicted molar refractivity (Wildman–Crippen MR) is 111 cm³/mol. The Hall–Kier alpha value is -3.32. The van der Waals surface area contributed by atoms with Crippen molar-refractivity contribution in [1.82, 2.24) is 14.8 Å². The second-order valence-electron chi connectivity index (χ2n) is 6.90. The van der Waals surface area contributed by atoms with Gasteiger partial charge in [-0.25, -0.2) is 0 Å². The fourth-order valence-electron chi connectivity index (χ4n) is 3.55. The van der Waals surface area contributed by atoms with Gasteiger partial charge in [0.25, 0.3) is 17.6 Å². The predicted octanol–water partition coefficient (Wildman–Crippen LogP) is 2.57. The standard InChI is InChI=1S/C21H19ClN4O3/c22-16-5-2-6-17-18(16)15(12-24-17)19(27)21(29)26-9-7-25(8-10-26)20(28)13-3-1-4-14(23)11-13/h1-6,11-12,24H,7-10,23H2. The molecule has 0 radical (unpaired) electrons. The lowest BCUT2D eigenvalue weighted by Crippen LogP contribution is -2.52. The highest BCUT2D eigenvalue weighted by Crippen LogP contribution is 2.27. The van der Waals surface area contributed by atoms with Crippen LogP contribution < -0.4 is 5.73 Å². The summed E-state index contributed by atoms with van der Waals surface area (Å²) in [5.41, 5.74) is 7.73. The molecule has 7 nitrogen and oxygen atoms in total. The minimum absolute atomic E-state index is 0.140. The van der Waals surface area contributed by atoms with Crippen molar-refractivity contribution >= 4 is 45.8 Å². The van der Waals surface area contributed by atoms with E-state index in [1.54, 1.807) is 47.4 Å². The number of benzene rings is 2. The maximum absolute atomic E-state index is 12.8. The van der Waals surface area contributed by atoms with Crippen molar-refractivity contribution in [2.24, 2.45) is 0 Å². The van der Waals surface area contributed by atoms with Crippen molar-refractivity contribution < 1.29 is 14.4 Å². The maximum Gasteiger partial charge on any atom is 0.295 e. The number of carbonyl (C=O) groups excluding carboxylic acids is 3. The molecule has 8 heteroatoms. The Labute approximate surface area is 172 Å². The lowest BCUT2D eigenvalue weighted by Gasteiger charge is -2.34. The molecule has 1 fully saturated rings. The zero-order valence-electron chi connectivity index (χ0n) is 15.5. The third-order valence-electron chi connectivity index (χ3n) is 5.08. The monoisotopic (exact) mass is 410 g/mol. The number of nitrogens with two attached hydrogens (primary N) is 1. The number of ketones is 1. The van der Waals surface area contributed by atoms with Gasteiger partial charge < -0.3 is 20.5 Å². The van der Waals surface area contributed by atoms with E-state index in [9.17, 15) is 14.4 Å². The van der Waals surface area contributed by atoms with Gasteiger partial charge in [-0.15, -0.1) is 0 Å². The Morgan fingerprint density at radius 1 is 0.966 bits per heavy atom. The quantitative estimate of drug-likeness (QED) is 0.393. The highest BCUT2D eigenvalue weighted by atomic mass is 35.5. The second kappa shape index (κ2) is 7.60. The number of aromatic amines is 1. The van der Waals surface area contributed by atoms with Crippen molar-refractivity contribution in [2.45, 2.75) is 0 Å². The molecule has 1 aliphatic rings. The zero-order valence-corrected chi connectivity index (χ0v) is 16.3. The van der Waals surface area contributed by atoms with Crippen molar-refractivity contribution in [2.75, 3.05) is 31.9 Å². The molecule has 4 rings (SSSR count). The molecule has 29 heavy (non-hydrogen) atoms. The molecule has 2 aromatic carbocycles. The molecule has 1 aromatic heterocycles. The third kappa shape index (κ3) is 3.56. The molecule has 2 heterocycles. The normalized spacial score (nSPS) is 14.2. The van der Waals surface area contributed by atoms with E-state index >= 15 is 0 Å². The fourth-order valence-corrected chi connectivity index (χ4v) is 3.82. The summed E-state index contributed by atoms with van der Waals surface area (Å²) < 4.78 is 0. The molecular weight excluding hydrogens is 392 g/mol. The first-order chi connectivity index (χ1) is 14.0. The molecular formula is C21H19ClN4O3. The first-order valence-electron chi connectivity index (χ1n) is 9.19. The number of piperazine rings is 1. The topological polar surface area (TPSA) is 99.5 Å². The Kier molecular flexibility index (Phi) is 4.98. The number of anilines is 1. The first-order valence-corrected chi connectivity index (χ1v) is 9.57. The summed E-state index contributed by atoms with van der Waals surface area (Å²) in [7, 11) is 0. The second-order valence-corrected chi connectivity index (χ2v) is 7.31. The van der Waals surface area contributed by atoms with E-state index < -0.39 is 11.7 Å². The van der Waals surface area contributed by atoms with Gasteiger partial charge in [-0.1, -0.05) is 23.7 Å². The van der Waals surface area contributed by atoms with Crippen LogP contribution in [0.2, 0.25) is 5.02 Å². The van der Waals surface area contributed by atoms with Crippen LogP contribution in [0.5, 0.6) is 0 Å². The number of fused-ring (bicyclic) bond motifs is 1. The van der Waals surface area contributed by atoms with E-state index in [0.29, 0.717) is 40.3 Å². The maximum atomic E-state index is 12.8. The SMILES string of the molecule is Nc1cccc(C(=O)N2CCN(C(=O)C(=O)c3c[nH]c4cccc(Cl)c34)CC2)c1. The van der Waals surface area contributed by atoms with Gasteiger partial charge in [0.05, 0.1) is 10.6 Å². The van der Waals surface area contributed by atoms with Gasteiger partial charge in [-0.3, -0.25) is 14.4 Å². The summed E-state index contributed by atoms with van der Waals surface area (Å²) >= 11 is 6.21. The number of nitrogen functional groups attached to an aromatic ring is 1. The van der Waals surface area contributed by atoms with Crippen LogP contribution in [-0.2, 0) is 4.79 Å². The van der Waals surface area contributed by atoms with Crippen molar-refractivity contribution in [3.05, 3.63) is 64.8 Å². The van der Waals surface area contributed by atoms with Crippen LogP contribution in [0, 0.1) is 0 Å². The van der Waals surface area contributed by atoms with E-state index in [2.05, 4.69) is 4.98 Å². The average molecular weight is 411 g/mol. The molecule has 1 aliphatic heterocycles. The van der Waals surface area contributed by atoms with E-state index in [4.69, 9.17) is 17.3 Å². The molecule has 148 valence electrons. The van der Waals surface area contributed by atoms with Gasteiger partial charge >= 0.3 is 0 Å². The van der Waals surface area contributed by atoms with Crippen LogP contribution in [0.15, 0.2) is 48.7 Å². The van der Waals surface area contributed by atoms with Gasteiger partial charge in [-0.2, -0.15) is 0 Å². The number of rotatable bonds is 3. The molecule has 0 spiro atoms. The summed E-state index contributed by atoms with van der Waals surface area (Å²) in [5.74, 6) is -1.35. The van der Waals surface area contributed by atoms with Crippen molar-refractivity contribution in [3.8, 4) is 0 Å². The van der Waals surface area contributed by atoms with Gasteiger partial charge in [0, 0.05) is 54.5 Å². The number of nitrogens with zero attached hydrogens (tertiary/aromatic N) is 2. The number of hydrogen-bond acceptors (Lipinski definition) is 4. The Morgan fingerprint density at radius 3 is 2.38 bits per heavy atom. The third-order valence-corrected chi connectivity index (χ3v) is 5.40. The molecule has 0 saturated carbocycles. The smallest absolute Gasteiger partial charge is 0.295 e. The highest BCUT2D eigenvalue weighted by Gasteiger charge is 2.30. The summed E-state index contributed by atoms with van der Waals surface area (Å²) in [5, 5.41) is 0.959. The summed E-state index contributed by atoms with van der Waals surface area (Å²) in [6.07, 6.45) is 1.51. The lowest BCUT2D eigenvalue weighted by atomic mass is 10.1. The van der Waals surface area contributed by atoms with Crippen LogP contribution in [0.25, 0.3) is 10.9 Å². The van der Waals surface area contributed by atoms with Crippen LogP contribution in [0.3, 0.4) is 0 Å². The summed E-state index contributed by atoms with van der Waals surface area (Å²) in [6, 6.07) is 12.0. The van der Waals surface area contributed by atoms with E-state index in [-0.39, 0.29) is 24.6 Å². The van der Waals surface area contributed by atoms with Crippen LogP contribution in [0.1, 0.15) is 20.7 Å². The number of nitrogens with one attached hydrogen (secondary N) is 1. The minimum atomic E-state index is -0.611. The largest absolute Gasteiger partial charge is 0.399 e. The molecule has 2 amide bonds. The molecule has 0 bridgehead atoms. The molecule has 1 saturated heterocycles. The van der Waals surface area contributed by atoms with Crippen LogP contribution >= 0.6 is 11.6 Å². The first kappa shape index (κ1) is 19.0. The summed E-state index contributed by atoms with van der Waals surface area (Å²) in [4.78, 5) is 44.2. The number of amides is 2. The number of H-pyrrole nitrogens is 1. The van der Waals surface area contributed by atoms with Gasteiger partial charge in [0.15, 0.2) is 0 Å². The fraction of sp³-hybridized carbons (Fsp3) is 0.190. The molecule has 3 N–H and O–H groups in total. The molecule has 0 atom stereocenters. The molecule has 0 unspecified atom stereocenters. The summed E-state index contributed by atoms with van der Waals surface area (Å²) in [6.45, 7) is 1.27. The molecule has 3 aromatic rings.